The molecular weight excluding hydrogens is 246 g/mol. The van der Waals surface area contributed by atoms with E-state index in [1.807, 2.05) is 0 Å². The molecule has 1 saturated carbocycles. The molecule has 0 aliphatic heterocycles. The third kappa shape index (κ3) is 1.67. The van der Waals surface area contributed by atoms with Gasteiger partial charge in [0.15, 0.2) is 0 Å². The van der Waals surface area contributed by atoms with Gasteiger partial charge in [0.2, 0.25) is 0 Å². The van der Waals surface area contributed by atoms with E-state index in [2.05, 4.69) is 59.1 Å². The maximum atomic E-state index is 10.5. The molecule has 1 aromatic rings. The van der Waals surface area contributed by atoms with E-state index < -0.39 is 0 Å². The lowest BCUT2D eigenvalue weighted by molar-refractivity contribution is 0.0977. The number of aliphatic hydroxyl groups excluding tert-OH is 1. The molecule has 2 aliphatic rings. The van der Waals surface area contributed by atoms with Crippen LogP contribution in [0.1, 0.15) is 77.1 Å². The molecule has 1 N–H and O–H groups in total. The number of fused-ring (bicyclic) bond motifs is 1. The van der Waals surface area contributed by atoms with Gasteiger partial charge in [-0.2, -0.15) is 0 Å². The van der Waals surface area contributed by atoms with Gasteiger partial charge in [-0.3, -0.25) is 0 Å². The molecule has 20 heavy (non-hydrogen) atoms. The van der Waals surface area contributed by atoms with E-state index in [0.29, 0.717) is 16.9 Å². The molecule has 3 rings (SSSR count). The molecule has 0 saturated heterocycles. The van der Waals surface area contributed by atoms with E-state index in [0.717, 1.165) is 12.8 Å². The van der Waals surface area contributed by atoms with E-state index in [-0.39, 0.29) is 11.5 Å². The normalized spacial score (nSPS) is 30.1. The third-order valence-corrected chi connectivity index (χ3v) is 6.32. The molecule has 112 valence electrons. The quantitative estimate of drug-likeness (QED) is 0.807. The Morgan fingerprint density at radius 1 is 1.10 bits per heavy atom. The van der Waals surface area contributed by atoms with Crippen LogP contribution in [0.4, 0.5) is 0 Å². The lowest BCUT2D eigenvalue weighted by atomic mass is 9.75. The molecular formula is C18H29NO. The summed E-state index contributed by atoms with van der Waals surface area (Å²) in [6, 6.07) is 2.78. The Labute approximate surface area is 123 Å². The Morgan fingerprint density at radius 3 is 2.15 bits per heavy atom. The second-order valence-electron chi connectivity index (χ2n) is 8.96. The Kier molecular flexibility index (Phi) is 2.63. The molecule has 2 nitrogen and oxygen atoms in total. The van der Waals surface area contributed by atoms with Crippen molar-refractivity contribution in [2.45, 2.75) is 73.5 Å². The van der Waals surface area contributed by atoms with Crippen LogP contribution in [0.15, 0.2) is 6.07 Å². The number of nitrogens with zero attached hydrogens (tertiary/aromatic N) is 1. The molecule has 1 aromatic heterocycles. The Hall–Kier alpha value is -0.760. The molecule has 2 aliphatic carbocycles. The molecule has 1 unspecified atom stereocenters. The van der Waals surface area contributed by atoms with Crippen LogP contribution in [0.25, 0.3) is 0 Å². The van der Waals surface area contributed by atoms with Gasteiger partial charge in [-0.25, -0.2) is 0 Å². The van der Waals surface area contributed by atoms with Crippen molar-refractivity contribution in [1.82, 2.24) is 4.57 Å². The molecule has 0 aromatic carbocycles. The molecule has 0 spiro atoms. The van der Waals surface area contributed by atoms with Gasteiger partial charge in [0.05, 0.1) is 6.10 Å². The summed E-state index contributed by atoms with van der Waals surface area (Å²) < 4.78 is 2.54. The van der Waals surface area contributed by atoms with Crippen LogP contribution in [-0.2, 0) is 6.42 Å². The molecule has 1 atom stereocenters. The fraction of sp³-hybridized carbons (Fsp3) is 0.778. The first-order valence-electron chi connectivity index (χ1n) is 7.88. The second-order valence-corrected chi connectivity index (χ2v) is 8.96. The lowest BCUT2D eigenvalue weighted by Gasteiger charge is -2.34. The maximum absolute atomic E-state index is 10.5. The minimum absolute atomic E-state index is 0.193. The number of rotatable bonds is 1. The van der Waals surface area contributed by atoms with Crippen LogP contribution < -0.4 is 0 Å². The third-order valence-electron chi connectivity index (χ3n) is 6.32. The van der Waals surface area contributed by atoms with Crippen LogP contribution in [0, 0.1) is 23.2 Å². The topological polar surface area (TPSA) is 25.2 Å². The van der Waals surface area contributed by atoms with Crippen molar-refractivity contribution in [3.63, 3.8) is 0 Å². The predicted molar refractivity (Wildman–Crippen MR) is 82.8 cm³/mol. The van der Waals surface area contributed by atoms with E-state index >= 15 is 0 Å². The van der Waals surface area contributed by atoms with Gasteiger partial charge >= 0.3 is 0 Å². The monoisotopic (exact) mass is 275 g/mol. The van der Waals surface area contributed by atoms with Crippen molar-refractivity contribution in [2.24, 2.45) is 16.2 Å². The summed E-state index contributed by atoms with van der Waals surface area (Å²) >= 11 is 0. The standard InChI is InChI=1S/C18H29NO/c1-11-8-12-13(9-16(2,3)10-14(12)20)19(11)15-17(4,5)18(15,6)7/h8,14-15,20H,9-10H2,1-7H3. The van der Waals surface area contributed by atoms with Crippen molar-refractivity contribution in [1.29, 1.82) is 0 Å². The molecule has 1 fully saturated rings. The molecule has 0 amide bonds. The van der Waals surface area contributed by atoms with Crippen molar-refractivity contribution in [2.75, 3.05) is 0 Å². The fourth-order valence-electron chi connectivity index (χ4n) is 4.53. The van der Waals surface area contributed by atoms with Gasteiger partial charge < -0.3 is 9.67 Å². The van der Waals surface area contributed by atoms with Crippen molar-refractivity contribution < 1.29 is 5.11 Å². The fourth-order valence-corrected chi connectivity index (χ4v) is 4.53. The van der Waals surface area contributed by atoms with E-state index in [4.69, 9.17) is 0 Å². The number of aryl methyl sites for hydroxylation is 1. The average Bonchev–Trinajstić information content (AvgIpc) is 2.53. The first kappa shape index (κ1) is 14.2. The Bertz CT molecular complexity index is 548. The largest absolute Gasteiger partial charge is 0.388 e. The first-order valence-corrected chi connectivity index (χ1v) is 7.88. The highest BCUT2D eigenvalue weighted by atomic mass is 16.3. The molecule has 0 radical (unpaired) electrons. The number of hydrogen-bond donors (Lipinski definition) is 1. The van der Waals surface area contributed by atoms with Crippen LogP contribution in [0.3, 0.4) is 0 Å². The van der Waals surface area contributed by atoms with Crippen molar-refractivity contribution in [3.05, 3.63) is 23.0 Å². The second kappa shape index (κ2) is 3.71. The van der Waals surface area contributed by atoms with Gasteiger partial charge in [-0.15, -0.1) is 0 Å². The Balaban J connectivity index is 2.12. The van der Waals surface area contributed by atoms with Crippen LogP contribution in [0.2, 0.25) is 0 Å². The summed E-state index contributed by atoms with van der Waals surface area (Å²) in [6.07, 6.45) is 1.66. The summed E-state index contributed by atoms with van der Waals surface area (Å²) in [5, 5.41) is 10.5. The minimum Gasteiger partial charge on any atom is -0.388 e. The zero-order chi connectivity index (χ0) is 15.1. The van der Waals surface area contributed by atoms with Crippen molar-refractivity contribution >= 4 is 0 Å². The van der Waals surface area contributed by atoms with Crippen LogP contribution in [0.5, 0.6) is 0 Å². The predicted octanol–water partition coefficient (Wildman–Crippen LogP) is 4.41. The minimum atomic E-state index is -0.293. The maximum Gasteiger partial charge on any atom is 0.0812 e. The number of hydrogen-bond acceptors (Lipinski definition) is 1. The summed E-state index contributed by atoms with van der Waals surface area (Å²) in [5.41, 5.74) is 4.73. The molecule has 2 heteroatoms. The summed E-state index contributed by atoms with van der Waals surface area (Å²) in [4.78, 5) is 0. The van der Waals surface area contributed by atoms with Gasteiger partial charge in [0.25, 0.3) is 0 Å². The van der Waals surface area contributed by atoms with Crippen LogP contribution >= 0.6 is 0 Å². The summed E-state index contributed by atoms with van der Waals surface area (Å²) in [6.45, 7) is 16.2. The average molecular weight is 275 g/mol. The smallest absolute Gasteiger partial charge is 0.0812 e. The van der Waals surface area contributed by atoms with Crippen molar-refractivity contribution in [3.8, 4) is 0 Å². The molecule has 1 heterocycles. The van der Waals surface area contributed by atoms with Gasteiger partial charge in [-0.05, 0) is 42.1 Å². The highest BCUT2D eigenvalue weighted by molar-refractivity contribution is 5.36. The SMILES string of the molecule is Cc1cc2c(n1C1C(C)(C)C1(C)C)CC(C)(C)CC2O. The zero-order valence-corrected chi connectivity index (χ0v) is 14.0. The lowest BCUT2D eigenvalue weighted by Crippen LogP contribution is -2.27. The van der Waals surface area contributed by atoms with E-state index in [1.54, 1.807) is 0 Å². The highest BCUT2D eigenvalue weighted by Crippen LogP contribution is 2.72. The summed E-state index contributed by atoms with van der Waals surface area (Å²) in [7, 11) is 0. The van der Waals surface area contributed by atoms with Crippen LogP contribution in [-0.4, -0.2) is 9.67 Å². The Morgan fingerprint density at radius 2 is 1.65 bits per heavy atom. The first-order chi connectivity index (χ1) is 8.99. The van der Waals surface area contributed by atoms with E-state index in [9.17, 15) is 5.11 Å². The number of aromatic nitrogens is 1. The van der Waals surface area contributed by atoms with Gasteiger partial charge in [0.1, 0.15) is 0 Å². The number of aliphatic hydroxyl groups is 1. The summed E-state index contributed by atoms with van der Waals surface area (Å²) in [5.74, 6) is 0. The molecule has 0 bridgehead atoms. The zero-order valence-electron chi connectivity index (χ0n) is 14.0. The highest BCUT2D eigenvalue weighted by Gasteiger charge is 2.66. The van der Waals surface area contributed by atoms with Gasteiger partial charge in [0, 0.05) is 23.0 Å². The van der Waals surface area contributed by atoms with E-state index in [1.165, 1.54) is 17.0 Å². The van der Waals surface area contributed by atoms with Gasteiger partial charge in [-0.1, -0.05) is 41.5 Å².